The molecule has 28 heteroatoms. The molecule has 1 aliphatic rings. The second kappa shape index (κ2) is 30.1. The fourth-order valence-corrected chi connectivity index (χ4v) is 7.90. The van der Waals surface area contributed by atoms with Crippen molar-refractivity contribution in [1.82, 2.24) is 52.6 Å². The Balaban J connectivity index is 2.74. The molecule has 9 amide bonds. The van der Waals surface area contributed by atoms with Gasteiger partial charge in [0.2, 0.25) is 63.2 Å². The summed E-state index contributed by atoms with van der Waals surface area (Å²) in [5.41, 5.74) is 18.0. The Labute approximate surface area is 412 Å². The topological polar surface area (TPSA) is 447 Å². The van der Waals surface area contributed by atoms with Crippen LogP contribution in [0.25, 0.3) is 0 Å². The van der Waals surface area contributed by atoms with E-state index >= 15 is 0 Å². The van der Waals surface area contributed by atoms with E-state index in [1.54, 1.807) is 44.2 Å². The summed E-state index contributed by atoms with van der Waals surface area (Å²) in [5.74, 6) is -9.21. The van der Waals surface area contributed by atoms with Crippen molar-refractivity contribution in [3.8, 4) is 0 Å². The Hall–Kier alpha value is -5.88. The maximum atomic E-state index is 14.3. The van der Waals surface area contributed by atoms with Crippen molar-refractivity contribution >= 4 is 63.2 Å². The van der Waals surface area contributed by atoms with Gasteiger partial charge in [-0.05, 0) is 77.1 Å². The van der Waals surface area contributed by atoms with Crippen molar-refractivity contribution in [2.24, 2.45) is 23.1 Å². The molecule has 1 fully saturated rings. The minimum absolute atomic E-state index is 0.0417. The van der Waals surface area contributed by atoms with Gasteiger partial charge in [0, 0.05) is 13.0 Å². The SMILES string of the molecule is CC(C)C[C@@H]1NC(=O)[C@@H](Cc2ccccc2)NC(=O)[C@H](CCN)NC(=O)[C@@H](NC(=O)[C@@H](CO)NC(=O)[C@@H](NS(C)(=O)=O)[C@@H](C)O)CCNC(=O)[C@H]([C@@H](C)O)NC(=O)[C@H](CCN)NC(=O)[C@H](CCN)NC1=O. The van der Waals surface area contributed by atoms with Crippen LogP contribution in [-0.2, 0) is 59.6 Å². The molecule has 0 aromatic heterocycles. The monoisotopic (exact) mass is 1030 g/mol. The molecule has 2 rings (SSSR count). The highest BCUT2D eigenvalue weighted by Gasteiger charge is 2.37. The van der Waals surface area contributed by atoms with Crippen LogP contribution in [-0.4, -0.2) is 183 Å². The third-order valence-electron chi connectivity index (χ3n) is 10.9. The van der Waals surface area contributed by atoms with Gasteiger partial charge in [-0.15, -0.1) is 0 Å². The van der Waals surface area contributed by atoms with Crippen LogP contribution in [0.4, 0.5) is 0 Å². The normalized spacial score (nSPS) is 24.6. The van der Waals surface area contributed by atoms with Crippen LogP contribution in [0.2, 0.25) is 0 Å². The lowest BCUT2D eigenvalue weighted by molar-refractivity contribution is -0.136. The summed E-state index contributed by atoms with van der Waals surface area (Å²) in [6, 6.07) is -5.65. The highest BCUT2D eigenvalue weighted by atomic mass is 32.2. The molecule has 0 radical (unpaired) electrons. The number of aliphatic hydroxyl groups excluding tert-OH is 3. The predicted octanol–water partition coefficient (Wildman–Crippen LogP) is -7.61. The van der Waals surface area contributed by atoms with Crippen molar-refractivity contribution < 1.29 is 66.9 Å². The van der Waals surface area contributed by atoms with Gasteiger partial charge in [0.1, 0.15) is 54.4 Å². The molecule has 0 spiro atoms. The first-order chi connectivity index (χ1) is 33.3. The fourth-order valence-electron chi connectivity index (χ4n) is 7.14. The summed E-state index contributed by atoms with van der Waals surface area (Å²) >= 11 is 0. The van der Waals surface area contributed by atoms with E-state index in [-0.39, 0.29) is 57.7 Å². The first-order valence-electron chi connectivity index (χ1n) is 23.1. The fraction of sp³-hybridized carbons (Fsp3) is 0.651. The van der Waals surface area contributed by atoms with E-state index in [0.717, 1.165) is 6.92 Å². The maximum absolute atomic E-state index is 14.3. The maximum Gasteiger partial charge on any atom is 0.245 e. The number of nitrogens with one attached hydrogen (secondary N) is 10. The molecule has 1 aromatic carbocycles. The lowest BCUT2D eigenvalue weighted by Gasteiger charge is -2.28. The molecule has 19 N–H and O–H groups in total. The number of sulfonamides is 1. The number of hydrogen-bond acceptors (Lipinski definition) is 17. The van der Waals surface area contributed by atoms with Crippen LogP contribution >= 0.6 is 0 Å². The average Bonchev–Trinajstić information content (AvgIpc) is 3.29. The summed E-state index contributed by atoms with van der Waals surface area (Å²) in [7, 11) is -4.09. The zero-order chi connectivity index (χ0) is 53.6. The molecule has 1 saturated heterocycles. The van der Waals surface area contributed by atoms with Crippen LogP contribution in [0.15, 0.2) is 30.3 Å². The van der Waals surface area contributed by atoms with Gasteiger partial charge in [0.15, 0.2) is 0 Å². The summed E-state index contributed by atoms with van der Waals surface area (Å²) in [6.07, 6.45) is -3.64. The molecule has 11 atom stereocenters. The zero-order valence-electron chi connectivity index (χ0n) is 40.6. The highest BCUT2D eigenvalue weighted by Crippen LogP contribution is 2.11. The minimum Gasteiger partial charge on any atom is -0.394 e. The van der Waals surface area contributed by atoms with E-state index in [9.17, 15) is 66.9 Å². The first kappa shape index (κ1) is 61.2. The van der Waals surface area contributed by atoms with Crippen molar-refractivity contribution in [1.29, 1.82) is 0 Å². The zero-order valence-corrected chi connectivity index (χ0v) is 41.4. The summed E-state index contributed by atoms with van der Waals surface area (Å²) in [6.45, 7) is 3.72. The summed E-state index contributed by atoms with van der Waals surface area (Å²) in [4.78, 5) is 124. The lowest BCUT2D eigenvalue weighted by atomic mass is 10.00. The molecule has 0 bridgehead atoms. The Bertz CT molecular complexity index is 2080. The van der Waals surface area contributed by atoms with Gasteiger partial charge in [-0.25, -0.2) is 13.1 Å². The van der Waals surface area contributed by atoms with Crippen LogP contribution in [0.1, 0.15) is 65.4 Å². The number of rotatable bonds is 19. The minimum atomic E-state index is -4.09. The molecule has 0 aliphatic carbocycles. The Kier molecular flexibility index (Phi) is 26.0. The van der Waals surface area contributed by atoms with Gasteiger partial charge in [-0.1, -0.05) is 44.2 Å². The number of aliphatic hydroxyl groups is 3. The van der Waals surface area contributed by atoms with Crippen molar-refractivity contribution in [2.45, 2.75) is 133 Å². The molecular formula is C43H73N13O14S. The number of benzene rings is 1. The number of carbonyl (C=O) groups is 9. The molecule has 0 saturated carbocycles. The van der Waals surface area contributed by atoms with Gasteiger partial charge in [0.25, 0.3) is 0 Å². The molecule has 71 heavy (non-hydrogen) atoms. The molecule has 1 aromatic rings. The van der Waals surface area contributed by atoms with Gasteiger partial charge < -0.3 is 80.4 Å². The number of nitrogens with two attached hydrogens (primary N) is 3. The number of hydrogen-bond donors (Lipinski definition) is 16. The van der Waals surface area contributed by atoms with Crippen molar-refractivity contribution in [2.75, 3.05) is 39.0 Å². The van der Waals surface area contributed by atoms with Gasteiger partial charge >= 0.3 is 0 Å². The molecule has 27 nitrogen and oxygen atoms in total. The van der Waals surface area contributed by atoms with Gasteiger partial charge in [-0.3, -0.25) is 43.2 Å². The van der Waals surface area contributed by atoms with E-state index in [0.29, 0.717) is 11.8 Å². The lowest BCUT2D eigenvalue weighted by Crippen LogP contribution is -2.61. The third kappa shape index (κ3) is 21.2. The summed E-state index contributed by atoms with van der Waals surface area (Å²) in [5, 5.41) is 53.0. The second-order valence-electron chi connectivity index (χ2n) is 17.6. The van der Waals surface area contributed by atoms with E-state index in [4.69, 9.17) is 17.2 Å². The first-order valence-corrected chi connectivity index (χ1v) is 25.0. The van der Waals surface area contributed by atoms with Gasteiger partial charge in [-0.2, -0.15) is 0 Å². The summed E-state index contributed by atoms with van der Waals surface area (Å²) < 4.78 is 25.7. The molecular weight excluding hydrogens is 955 g/mol. The van der Waals surface area contributed by atoms with Crippen LogP contribution in [0, 0.1) is 5.92 Å². The Morgan fingerprint density at radius 3 is 1.61 bits per heavy atom. The van der Waals surface area contributed by atoms with E-state index < -0.39 is 149 Å². The Morgan fingerprint density at radius 1 is 0.676 bits per heavy atom. The van der Waals surface area contributed by atoms with E-state index in [2.05, 4.69) is 47.9 Å². The standard InChI is InChI=1S/C43H73N13O14S/c1-22(2)19-30-39(64)50-26(11-15-44)35(60)49-28(13-17-46)38(63)55-33(23(3)58)42(67)47-18-14-29(51-41(66)32(21-57)54-43(68)34(24(4)59)56-71(5,69)70)37(62)48-27(12-16-45)36(61)53-31(40(65)52-30)20-25-9-7-6-8-10-25/h6-10,22-24,26-34,56-59H,11-21,44-46H2,1-5H3,(H,47,67)(H,48,62)(H,49,60)(H,50,64)(H,51,66)(H,52,65)(H,53,61)(H,54,68)(H,55,63)/t23-,24-,26+,27+,28+,29+,30+,31-,32-,33+,34+/m1/s1. The van der Waals surface area contributed by atoms with Crippen molar-refractivity contribution in [3.05, 3.63) is 35.9 Å². The van der Waals surface area contributed by atoms with Crippen LogP contribution in [0.3, 0.4) is 0 Å². The average molecular weight is 1030 g/mol. The predicted molar refractivity (Wildman–Crippen MR) is 256 cm³/mol. The molecule has 1 heterocycles. The molecule has 1 aliphatic heterocycles. The number of carbonyl (C=O) groups excluding carboxylic acids is 9. The third-order valence-corrected chi connectivity index (χ3v) is 11.6. The van der Waals surface area contributed by atoms with Crippen LogP contribution in [0.5, 0.6) is 0 Å². The van der Waals surface area contributed by atoms with Gasteiger partial charge in [0.05, 0.1) is 25.1 Å². The van der Waals surface area contributed by atoms with Crippen LogP contribution < -0.4 is 69.8 Å². The Morgan fingerprint density at radius 2 is 1.14 bits per heavy atom. The smallest absolute Gasteiger partial charge is 0.245 e. The van der Waals surface area contributed by atoms with E-state index in [1.807, 2.05) is 4.72 Å². The van der Waals surface area contributed by atoms with Crippen molar-refractivity contribution in [3.63, 3.8) is 0 Å². The highest BCUT2D eigenvalue weighted by molar-refractivity contribution is 7.88. The van der Waals surface area contributed by atoms with E-state index in [1.165, 1.54) is 6.92 Å². The quantitative estimate of drug-likeness (QED) is 0.0612. The molecule has 400 valence electrons. The second-order valence-corrected chi connectivity index (χ2v) is 19.4. The molecule has 0 unspecified atom stereocenters. The number of amides is 9. The largest absolute Gasteiger partial charge is 0.394 e.